The predicted octanol–water partition coefficient (Wildman–Crippen LogP) is 6.78. The highest BCUT2D eigenvalue weighted by atomic mass is 19.4. The maximum absolute atomic E-state index is 13.5. The lowest BCUT2D eigenvalue weighted by Crippen LogP contribution is -2.51. The van der Waals surface area contributed by atoms with E-state index < -0.39 is 11.7 Å². The van der Waals surface area contributed by atoms with Crippen molar-refractivity contribution in [1.82, 2.24) is 14.8 Å². The number of anilines is 2. The number of carbonyl (C=O) groups excluding carboxylic acids is 1. The highest BCUT2D eigenvalue weighted by Crippen LogP contribution is 2.29. The summed E-state index contributed by atoms with van der Waals surface area (Å²) >= 11 is 0. The van der Waals surface area contributed by atoms with Crippen LogP contribution in [0.4, 0.5) is 24.5 Å². The van der Waals surface area contributed by atoms with Gasteiger partial charge in [0, 0.05) is 62.1 Å². The summed E-state index contributed by atoms with van der Waals surface area (Å²) in [4.78, 5) is 23.9. The van der Waals surface area contributed by atoms with E-state index in [4.69, 9.17) is 0 Å². The van der Waals surface area contributed by atoms with E-state index in [1.165, 1.54) is 18.2 Å². The highest BCUT2D eigenvalue weighted by Gasteiger charge is 2.30. The zero-order chi connectivity index (χ0) is 28.0. The van der Waals surface area contributed by atoms with Gasteiger partial charge in [0.2, 0.25) is 5.91 Å². The maximum atomic E-state index is 13.5. The van der Waals surface area contributed by atoms with Crippen molar-refractivity contribution in [2.75, 3.05) is 25.0 Å². The Labute approximate surface area is 228 Å². The first-order valence-corrected chi connectivity index (χ1v) is 13.2. The van der Waals surface area contributed by atoms with Crippen LogP contribution in [0.15, 0.2) is 79.1 Å². The van der Waals surface area contributed by atoms with Crippen LogP contribution in [-0.4, -0.2) is 52.9 Å². The minimum Gasteiger partial charge on any atom is -0.345 e. The monoisotopic (exact) mass is 536 g/mol. The second kappa shape index (κ2) is 12.5. The van der Waals surface area contributed by atoms with Crippen LogP contribution < -0.4 is 4.90 Å². The number of carbonyl (C=O) groups is 1. The molecule has 0 spiro atoms. The van der Waals surface area contributed by atoms with Crippen molar-refractivity contribution in [1.29, 1.82) is 0 Å². The molecule has 1 aliphatic rings. The standard InChI is InChI=1S/C31H35F3N4O/c1-23(2)37-20-4-5-29(22-37)38(30(39)15-10-24-6-11-26(12-7-24)31(32,33)34)21-25-8-13-27(14-9-25)36(3)28-16-18-35-19-17-28/h6-19,23,29H,4-5,20-22H2,1-3H3/t29-/m0/s1. The largest absolute Gasteiger partial charge is 0.416 e. The summed E-state index contributed by atoms with van der Waals surface area (Å²) in [7, 11) is 1.99. The molecule has 1 aromatic heterocycles. The fraction of sp³-hybridized carbons (Fsp3) is 0.355. The fourth-order valence-electron chi connectivity index (χ4n) is 4.88. The number of aromatic nitrogens is 1. The van der Waals surface area contributed by atoms with Gasteiger partial charge in [0.05, 0.1) is 5.56 Å². The fourth-order valence-corrected chi connectivity index (χ4v) is 4.88. The molecule has 206 valence electrons. The van der Waals surface area contributed by atoms with E-state index in [2.05, 4.69) is 28.6 Å². The van der Waals surface area contributed by atoms with E-state index in [1.54, 1.807) is 18.5 Å². The van der Waals surface area contributed by atoms with Crippen LogP contribution in [0, 0.1) is 0 Å². The van der Waals surface area contributed by atoms with Gasteiger partial charge in [-0.25, -0.2) is 0 Å². The van der Waals surface area contributed by atoms with Gasteiger partial charge in [-0.15, -0.1) is 0 Å². The van der Waals surface area contributed by atoms with Crippen LogP contribution in [0.3, 0.4) is 0 Å². The molecule has 0 bridgehead atoms. The molecule has 0 aliphatic carbocycles. The van der Waals surface area contributed by atoms with Crippen molar-refractivity contribution < 1.29 is 18.0 Å². The summed E-state index contributed by atoms with van der Waals surface area (Å²) in [5, 5.41) is 0. The maximum Gasteiger partial charge on any atom is 0.416 e. The van der Waals surface area contributed by atoms with Gasteiger partial charge >= 0.3 is 6.18 Å². The van der Waals surface area contributed by atoms with Crippen LogP contribution in [0.2, 0.25) is 0 Å². The summed E-state index contributed by atoms with van der Waals surface area (Å²) < 4.78 is 38.7. The number of pyridine rings is 1. The molecular weight excluding hydrogens is 501 g/mol. The van der Waals surface area contributed by atoms with E-state index in [1.807, 2.05) is 48.3 Å². The van der Waals surface area contributed by atoms with Crippen molar-refractivity contribution in [3.63, 3.8) is 0 Å². The Morgan fingerprint density at radius 1 is 1.03 bits per heavy atom. The summed E-state index contributed by atoms with van der Waals surface area (Å²) in [6.45, 7) is 6.58. The molecule has 1 atom stereocenters. The third-order valence-corrected chi connectivity index (χ3v) is 7.27. The van der Waals surface area contributed by atoms with Gasteiger partial charge < -0.3 is 9.80 Å². The SMILES string of the molecule is CC(C)N1CCC[C@H](N(Cc2ccc(N(C)c3ccncc3)cc2)C(=O)C=Cc2ccc(C(F)(F)F)cc2)C1. The van der Waals surface area contributed by atoms with E-state index in [-0.39, 0.29) is 11.9 Å². The summed E-state index contributed by atoms with van der Waals surface area (Å²) in [6, 6.07) is 17.3. The molecule has 2 heterocycles. The number of likely N-dealkylation sites (tertiary alicyclic amines) is 1. The molecule has 1 saturated heterocycles. The Bertz CT molecular complexity index is 1240. The predicted molar refractivity (Wildman–Crippen MR) is 150 cm³/mol. The van der Waals surface area contributed by atoms with Crippen molar-refractivity contribution in [2.24, 2.45) is 0 Å². The highest BCUT2D eigenvalue weighted by molar-refractivity contribution is 5.92. The lowest BCUT2D eigenvalue weighted by Gasteiger charge is -2.41. The Hall–Kier alpha value is -3.65. The first-order chi connectivity index (χ1) is 18.6. The Kier molecular flexibility index (Phi) is 9.07. The second-order valence-corrected chi connectivity index (χ2v) is 10.2. The third kappa shape index (κ3) is 7.47. The molecule has 0 radical (unpaired) electrons. The van der Waals surface area contributed by atoms with Gasteiger partial charge in [-0.1, -0.05) is 24.3 Å². The number of nitrogens with zero attached hydrogens (tertiary/aromatic N) is 4. The molecule has 1 aliphatic heterocycles. The summed E-state index contributed by atoms with van der Waals surface area (Å²) in [6.07, 6.45) is 4.10. The van der Waals surface area contributed by atoms with Gasteiger partial charge in [-0.3, -0.25) is 14.7 Å². The molecule has 4 rings (SSSR count). The van der Waals surface area contributed by atoms with Crippen molar-refractivity contribution in [2.45, 2.75) is 51.5 Å². The normalized spacial score (nSPS) is 16.5. The Morgan fingerprint density at radius 2 is 1.67 bits per heavy atom. The van der Waals surface area contributed by atoms with Crippen LogP contribution in [0.1, 0.15) is 43.4 Å². The van der Waals surface area contributed by atoms with Gasteiger partial charge in [-0.05, 0) is 86.8 Å². The zero-order valence-electron chi connectivity index (χ0n) is 22.6. The minimum absolute atomic E-state index is 0.0464. The molecule has 0 saturated carbocycles. The van der Waals surface area contributed by atoms with E-state index >= 15 is 0 Å². The van der Waals surface area contributed by atoms with Crippen LogP contribution in [-0.2, 0) is 17.5 Å². The molecule has 8 heteroatoms. The van der Waals surface area contributed by atoms with Crippen LogP contribution in [0.5, 0.6) is 0 Å². The van der Waals surface area contributed by atoms with Gasteiger partial charge in [0.25, 0.3) is 0 Å². The first-order valence-electron chi connectivity index (χ1n) is 13.2. The molecular formula is C31H35F3N4O. The van der Waals surface area contributed by atoms with Crippen molar-refractivity contribution in [3.05, 3.63) is 95.8 Å². The number of hydrogen-bond acceptors (Lipinski definition) is 4. The van der Waals surface area contributed by atoms with Gasteiger partial charge in [0.15, 0.2) is 0 Å². The summed E-state index contributed by atoms with van der Waals surface area (Å²) in [5.41, 5.74) is 2.90. The second-order valence-electron chi connectivity index (χ2n) is 10.2. The van der Waals surface area contributed by atoms with Gasteiger partial charge in [-0.2, -0.15) is 13.2 Å². The van der Waals surface area contributed by atoms with Crippen molar-refractivity contribution in [3.8, 4) is 0 Å². The lowest BCUT2D eigenvalue weighted by atomic mass is 10.0. The first kappa shape index (κ1) is 28.4. The number of piperidine rings is 1. The van der Waals surface area contributed by atoms with E-state index in [9.17, 15) is 18.0 Å². The molecule has 39 heavy (non-hydrogen) atoms. The third-order valence-electron chi connectivity index (χ3n) is 7.27. The summed E-state index contributed by atoms with van der Waals surface area (Å²) in [5.74, 6) is -0.150. The average molecular weight is 537 g/mol. The average Bonchev–Trinajstić information content (AvgIpc) is 2.95. The number of hydrogen-bond donors (Lipinski definition) is 0. The van der Waals surface area contributed by atoms with Crippen LogP contribution in [0.25, 0.3) is 6.08 Å². The number of benzene rings is 2. The van der Waals surface area contributed by atoms with E-state index in [0.29, 0.717) is 18.2 Å². The zero-order valence-corrected chi connectivity index (χ0v) is 22.6. The lowest BCUT2D eigenvalue weighted by molar-refractivity contribution is -0.137. The molecule has 0 unspecified atom stereocenters. The van der Waals surface area contributed by atoms with Crippen molar-refractivity contribution >= 4 is 23.4 Å². The quantitative estimate of drug-likeness (QED) is 0.298. The number of alkyl halides is 3. The molecule has 2 aromatic carbocycles. The Balaban J connectivity index is 1.52. The Morgan fingerprint density at radius 3 is 2.28 bits per heavy atom. The smallest absolute Gasteiger partial charge is 0.345 e. The molecule has 0 N–H and O–H groups in total. The topological polar surface area (TPSA) is 39.7 Å². The number of halogens is 3. The molecule has 5 nitrogen and oxygen atoms in total. The molecule has 1 amide bonds. The number of amides is 1. The molecule has 3 aromatic rings. The van der Waals surface area contributed by atoms with Crippen LogP contribution >= 0.6 is 0 Å². The van der Waals surface area contributed by atoms with Gasteiger partial charge in [0.1, 0.15) is 0 Å². The molecule has 1 fully saturated rings. The number of rotatable bonds is 8. The van der Waals surface area contributed by atoms with E-state index in [0.717, 1.165) is 55.0 Å². The minimum atomic E-state index is -4.39.